The van der Waals surface area contributed by atoms with Crippen molar-refractivity contribution in [2.45, 2.75) is 139 Å². The number of esters is 1. The molecular weight excluding hydrogens is 444 g/mol. The van der Waals surface area contributed by atoms with Crippen LogP contribution in [0.1, 0.15) is 133 Å². The van der Waals surface area contributed by atoms with Gasteiger partial charge in [0.25, 0.3) is 0 Å². The molecule has 0 aromatic heterocycles. The van der Waals surface area contributed by atoms with Crippen LogP contribution >= 0.6 is 0 Å². The molecule has 0 aromatic carbocycles. The number of rotatable bonds is 7. The van der Waals surface area contributed by atoms with Crippen molar-refractivity contribution < 1.29 is 14.3 Å². The molecular formula is C33H54O3. The fourth-order valence-electron chi connectivity index (χ4n) is 10.2. The fourth-order valence-corrected chi connectivity index (χ4v) is 10.2. The van der Waals surface area contributed by atoms with E-state index < -0.39 is 0 Å². The summed E-state index contributed by atoms with van der Waals surface area (Å²) in [6.45, 7) is 20.4. The quantitative estimate of drug-likeness (QED) is 0.260. The maximum atomic E-state index is 13.0. The Labute approximate surface area is 221 Å². The molecule has 4 aliphatic rings. The number of ketones is 1. The van der Waals surface area contributed by atoms with Gasteiger partial charge in [0.2, 0.25) is 0 Å². The Balaban J connectivity index is 1.65. The maximum absolute atomic E-state index is 13.0. The Morgan fingerprint density at radius 1 is 0.889 bits per heavy atom. The third-order valence-corrected chi connectivity index (χ3v) is 12.4. The minimum Gasteiger partial charge on any atom is -0.462 e. The first kappa shape index (κ1) is 27.9. The van der Waals surface area contributed by atoms with E-state index in [-0.39, 0.29) is 39.7 Å². The van der Waals surface area contributed by atoms with E-state index in [4.69, 9.17) is 4.74 Å². The van der Waals surface area contributed by atoms with Gasteiger partial charge < -0.3 is 4.74 Å². The van der Waals surface area contributed by atoms with Gasteiger partial charge in [0.05, 0.1) is 0 Å². The molecule has 0 amide bonds. The lowest BCUT2D eigenvalue weighted by molar-refractivity contribution is -0.167. The third kappa shape index (κ3) is 4.23. The van der Waals surface area contributed by atoms with Gasteiger partial charge in [0.15, 0.2) is 0 Å². The third-order valence-electron chi connectivity index (χ3n) is 12.4. The van der Waals surface area contributed by atoms with E-state index >= 15 is 0 Å². The van der Waals surface area contributed by atoms with Crippen molar-refractivity contribution in [3.05, 3.63) is 11.1 Å². The van der Waals surface area contributed by atoms with Crippen LogP contribution in [0.15, 0.2) is 11.1 Å². The number of hydrogen-bond donors (Lipinski definition) is 0. The Bertz CT molecular complexity index is 912. The smallest absolute Gasteiger partial charge is 0.302 e. The molecule has 0 radical (unpaired) electrons. The Kier molecular flexibility index (Phi) is 7.41. The van der Waals surface area contributed by atoms with Gasteiger partial charge in [-0.15, -0.1) is 0 Å². The summed E-state index contributed by atoms with van der Waals surface area (Å²) in [5, 5.41) is 0. The molecule has 4 aliphatic carbocycles. The van der Waals surface area contributed by atoms with Gasteiger partial charge in [0.1, 0.15) is 11.9 Å². The predicted molar refractivity (Wildman–Crippen MR) is 147 cm³/mol. The topological polar surface area (TPSA) is 43.4 Å². The molecule has 3 nitrogen and oxygen atoms in total. The summed E-state index contributed by atoms with van der Waals surface area (Å²) in [5.74, 6) is 2.29. The molecule has 0 spiro atoms. The first-order valence-electron chi connectivity index (χ1n) is 15.1. The van der Waals surface area contributed by atoms with E-state index in [0.717, 1.165) is 19.3 Å². The monoisotopic (exact) mass is 498 g/mol. The minimum atomic E-state index is -0.140. The highest BCUT2D eigenvalue weighted by atomic mass is 16.5. The van der Waals surface area contributed by atoms with Crippen molar-refractivity contribution in [2.24, 2.45) is 45.3 Å². The molecule has 0 aliphatic heterocycles. The number of ether oxygens (including phenoxy) is 1. The highest BCUT2D eigenvalue weighted by Crippen LogP contribution is 2.72. The molecule has 204 valence electrons. The second-order valence-corrected chi connectivity index (χ2v) is 14.9. The van der Waals surface area contributed by atoms with Crippen molar-refractivity contribution in [3.8, 4) is 0 Å². The molecule has 36 heavy (non-hydrogen) atoms. The number of fused-ring (bicyclic) bond motifs is 4. The van der Waals surface area contributed by atoms with E-state index in [1.54, 1.807) is 18.1 Å². The second kappa shape index (κ2) is 9.57. The number of carbonyl (C=O) groups is 2. The van der Waals surface area contributed by atoms with E-state index in [1.807, 2.05) is 6.92 Å². The zero-order valence-electron chi connectivity index (χ0n) is 24.9. The standard InChI is InChI=1S/C33H54O3/c1-21(2)11-10-12-24(22(3)34)25-15-19-33(9)27-13-14-28-30(5,6)29(36-23(4)35)17-18-31(28,7)26(27)16-20-32(25,33)8/h21,24-25,28-29H,10-20H2,1-9H3/t24-,25+,28+,29+,31+,32-,33-/m0/s1. The average Bonchev–Trinajstić information content (AvgIpc) is 3.04. The van der Waals surface area contributed by atoms with Gasteiger partial charge in [0, 0.05) is 18.3 Å². The summed E-state index contributed by atoms with van der Waals surface area (Å²) in [7, 11) is 0. The van der Waals surface area contributed by atoms with E-state index in [1.165, 1.54) is 51.4 Å². The summed E-state index contributed by atoms with van der Waals surface area (Å²) in [5.41, 5.74) is 4.15. The Hall–Kier alpha value is -1.12. The van der Waals surface area contributed by atoms with E-state index in [2.05, 4.69) is 48.5 Å². The highest BCUT2D eigenvalue weighted by molar-refractivity contribution is 5.78. The van der Waals surface area contributed by atoms with Crippen LogP contribution in [0.25, 0.3) is 0 Å². The van der Waals surface area contributed by atoms with Gasteiger partial charge in [-0.05, 0) is 98.7 Å². The largest absolute Gasteiger partial charge is 0.462 e. The summed E-state index contributed by atoms with van der Waals surface area (Å²) in [6.07, 6.45) is 12.8. The number of carbonyl (C=O) groups excluding carboxylic acids is 2. The molecule has 0 heterocycles. The van der Waals surface area contributed by atoms with E-state index in [9.17, 15) is 9.59 Å². The van der Waals surface area contributed by atoms with Crippen molar-refractivity contribution in [1.29, 1.82) is 0 Å². The summed E-state index contributed by atoms with van der Waals surface area (Å²) >= 11 is 0. The second-order valence-electron chi connectivity index (χ2n) is 14.9. The van der Waals surface area contributed by atoms with Gasteiger partial charge in [-0.2, -0.15) is 0 Å². The molecule has 0 saturated heterocycles. The van der Waals surface area contributed by atoms with Crippen molar-refractivity contribution >= 4 is 11.8 Å². The van der Waals surface area contributed by atoms with Crippen LogP contribution in [0.3, 0.4) is 0 Å². The molecule has 0 aromatic rings. The summed E-state index contributed by atoms with van der Waals surface area (Å²) in [4.78, 5) is 24.8. The van der Waals surface area contributed by atoms with Gasteiger partial charge in [-0.1, -0.05) is 72.5 Å². The molecule has 0 bridgehead atoms. The van der Waals surface area contributed by atoms with E-state index in [0.29, 0.717) is 23.5 Å². The number of hydrogen-bond acceptors (Lipinski definition) is 3. The van der Waals surface area contributed by atoms with Crippen LogP contribution in [-0.4, -0.2) is 17.9 Å². The molecule has 0 N–H and O–H groups in total. The summed E-state index contributed by atoms with van der Waals surface area (Å²) in [6, 6.07) is 0. The minimum absolute atomic E-state index is 0.00674. The van der Waals surface area contributed by atoms with Crippen LogP contribution in [0.4, 0.5) is 0 Å². The first-order valence-corrected chi connectivity index (χ1v) is 15.1. The van der Waals surface area contributed by atoms with Crippen LogP contribution in [0.5, 0.6) is 0 Å². The van der Waals surface area contributed by atoms with Crippen LogP contribution in [0.2, 0.25) is 0 Å². The van der Waals surface area contributed by atoms with Crippen molar-refractivity contribution in [3.63, 3.8) is 0 Å². The molecule has 2 fully saturated rings. The highest BCUT2D eigenvalue weighted by Gasteiger charge is 2.64. The normalized spacial score (nSPS) is 40.3. The SMILES string of the molecule is CC(=O)O[C@@H]1CC[C@]2(C)C3=C(CC[C@@H]2C1(C)C)[C@]1(C)CC[C@H]([C@@H](CCCC(C)C)C(C)=O)[C@]1(C)CC3. The lowest BCUT2D eigenvalue weighted by Crippen LogP contribution is -2.56. The number of Topliss-reactive ketones (excluding diaryl/α,β-unsaturated/α-hetero) is 1. The van der Waals surface area contributed by atoms with Crippen LogP contribution in [0, 0.1) is 45.3 Å². The number of allylic oxidation sites excluding steroid dienone is 2. The maximum Gasteiger partial charge on any atom is 0.302 e. The lowest BCUT2D eigenvalue weighted by Gasteiger charge is -2.62. The predicted octanol–water partition coefficient (Wildman–Crippen LogP) is 8.70. The fraction of sp³-hybridized carbons (Fsp3) is 0.879. The Morgan fingerprint density at radius 3 is 2.19 bits per heavy atom. The van der Waals surface area contributed by atoms with Gasteiger partial charge in [-0.25, -0.2) is 0 Å². The van der Waals surface area contributed by atoms with Gasteiger partial charge in [-0.3, -0.25) is 9.59 Å². The molecule has 0 unspecified atom stereocenters. The molecule has 3 heteroatoms. The molecule has 7 atom stereocenters. The lowest BCUT2D eigenvalue weighted by atomic mass is 9.43. The summed E-state index contributed by atoms with van der Waals surface area (Å²) < 4.78 is 5.86. The van der Waals surface area contributed by atoms with Crippen molar-refractivity contribution in [1.82, 2.24) is 0 Å². The average molecular weight is 499 g/mol. The van der Waals surface area contributed by atoms with Gasteiger partial charge >= 0.3 is 5.97 Å². The Morgan fingerprint density at radius 2 is 1.58 bits per heavy atom. The molecule has 2 saturated carbocycles. The zero-order chi connectivity index (χ0) is 26.7. The van der Waals surface area contributed by atoms with Crippen LogP contribution < -0.4 is 0 Å². The zero-order valence-corrected chi connectivity index (χ0v) is 24.9. The van der Waals surface area contributed by atoms with Crippen molar-refractivity contribution in [2.75, 3.05) is 0 Å². The first-order chi connectivity index (χ1) is 16.7. The molecule has 4 rings (SSSR count). The van der Waals surface area contributed by atoms with Crippen LogP contribution in [-0.2, 0) is 14.3 Å².